The third kappa shape index (κ3) is 4.94. The minimum Gasteiger partial charge on any atom is -0.497 e. The summed E-state index contributed by atoms with van der Waals surface area (Å²) in [6, 6.07) is 13.1. The molecule has 0 radical (unpaired) electrons. The smallest absolute Gasteiger partial charge is 0.253 e. The molecule has 1 aromatic heterocycles. The second-order valence-electron chi connectivity index (χ2n) is 7.79. The molecule has 3 aromatic rings. The molecule has 2 heterocycles. The molecule has 1 saturated heterocycles. The zero-order chi connectivity index (χ0) is 22.5. The van der Waals surface area contributed by atoms with Crippen molar-refractivity contribution in [1.29, 1.82) is 0 Å². The van der Waals surface area contributed by atoms with E-state index in [2.05, 4.69) is 10.3 Å². The summed E-state index contributed by atoms with van der Waals surface area (Å²) in [5.74, 6) is 1.86. The van der Waals surface area contributed by atoms with Crippen LogP contribution in [0.25, 0.3) is 10.9 Å². The SMILES string of the molecule is COc1ccc2cc(C(=O)NCc3ccc(OCC4CCCO4)c(OC)c3)c(C)nc2c1. The molecule has 0 saturated carbocycles. The predicted octanol–water partition coefficient (Wildman–Crippen LogP) is 4.05. The van der Waals surface area contributed by atoms with Gasteiger partial charge in [0.15, 0.2) is 11.5 Å². The van der Waals surface area contributed by atoms with Crippen molar-refractivity contribution in [3.63, 3.8) is 0 Å². The maximum absolute atomic E-state index is 12.8. The molecular formula is C25H28N2O5. The Kier molecular flexibility index (Phi) is 6.75. The number of rotatable bonds is 8. The normalized spacial score (nSPS) is 15.5. The average Bonchev–Trinajstić information content (AvgIpc) is 3.34. The number of carbonyl (C=O) groups excluding carboxylic acids is 1. The first-order valence-electron chi connectivity index (χ1n) is 10.7. The fraction of sp³-hybridized carbons (Fsp3) is 0.360. The average molecular weight is 437 g/mol. The lowest BCUT2D eigenvalue weighted by atomic mass is 10.1. The van der Waals surface area contributed by atoms with Crippen LogP contribution in [0.1, 0.15) is 34.5 Å². The highest BCUT2D eigenvalue weighted by molar-refractivity contribution is 5.98. The van der Waals surface area contributed by atoms with Gasteiger partial charge in [-0.2, -0.15) is 0 Å². The highest BCUT2D eigenvalue weighted by Crippen LogP contribution is 2.29. The molecule has 1 atom stereocenters. The van der Waals surface area contributed by atoms with Gasteiger partial charge in [-0.05, 0) is 55.7 Å². The van der Waals surface area contributed by atoms with Gasteiger partial charge < -0.3 is 24.3 Å². The van der Waals surface area contributed by atoms with Crippen molar-refractivity contribution >= 4 is 16.8 Å². The summed E-state index contributed by atoms with van der Waals surface area (Å²) < 4.78 is 22.2. The van der Waals surface area contributed by atoms with E-state index in [1.807, 2.05) is 49.4 Å². The van der Waals surface area contributed by atoms with Crippen LogP contribution in [0, 0.1) is 6.92 Å². The predicted molar refractivity (Wildman–Crippen MR) is 122 cm³/mol. The molecule has 7 heteroatoms. The van der Waals surface area contributed by atoms with Gasteiger partial charge in [0.2, 0.25) is 0 Å². The summed E-state index contributed by atoms with van der Waals surface area (Å²) >= 11 is 0. The molecule has 4 rings (SSSR count). The number of aryl methyl sites for hydroxylation is 1. The minimum absolute atomic E-state index is 0.138. The molecule has 0 bridgehead atoms. The molecule has 1 unspecified atom stereocenters. The molecule has 32 heavy (non-hydrogen) atoms. The lowest BCUT2D eigenvalue weighted by Gasteiger charge is -2.15. The van der Waals surface area contributed by atoms with Gasteiger partial charge in [0.1, 0.15) is 12.4 Å². The number of aromatic nitrogens is 1. The third-order valence-electron chi connectivity index (χ3n) is 5.59. The quantitative estimate of drug-likeness (QED) is 0.574. The molecule has 0 aliphatic carbocycles. The fourth-order valence-corrected chi connectivity index (χ4v) is 3.78. The Morgan fingerprint density at radius 1 is 1.12 bits per heavy atom. The molecule has 0 spiro atoms. The van der Waals surface area contributed by atoms with Crippen molar-refractivity contribution in [2.45, 2.75) is 32.4 Å². The Hall–Kier alpha value is -3.32. The van der Waals surface area contributed by atoms with Crippen LogP contribution in [0.15, 0.2) is 42.5 Å². The van der Waals surface area contributed by atoms with Crippen LogP contribution in [0.2, 0.25) is 0 Å². The topological polar surface area (TPSA) is 78.9 Å². The first-order chi connectivity index (χ1) is 15.6. The molecule has 2 aromatic carbocycles. The van der Waals surface area contributed by atoms with E-state index in [0.29, 0.717) is 35.9 Å². The number of amides is 1. The standard InChI is InChI=1S/C25H28N2O5/c1-16-21(12-18-7-8-19(29-2)13-22(18)27-16)25(28)26-14-17-6-9-23(24(11-17)30-3)32-15-20-5-4-10-31-20/h6-9,11-13,20H,4-5,10,14-15H2,1-3H3,(H,26,28). The van der Waals surface area contributed by atoms with Crippen LogP contribution in [0.3, 0.4) is 0 Å². The van der Waals surface area contributed by atoms with Crippen LogP contribution in [-0.2, 0) is 11.3 Å². The summed E-state index contributed by atoms with van der Waals surface area (Å²) in [7, 11) is 3.23. The fourth-order valence-electron chi connectivity index (χ4n) is 3.78. The number of nitrogens with one attached hydrogen (secondary N) is 1. The number of nitrogens with zero attached hydrogens (tertiary/aromatic N) is 1. The highest BCUT2D eigenvalue weighted by Gasteiger charge is 2.17. The van der Waals surface area contributed by atoms with Gasteiger partial charge in [0.05, 0.1) is 37.1 Å². The van der Waals surface area contributed by atoms with E-state index in [4.69, 9.17) is 18.9 Å². The maximum atomic E-state index is 12.8. The Labute approximate surface area is 187 Å². The molecular weight excluding hydrogens is 408 g/mol. The monoisotopic (exact) mass is 436 g/mol. The van der Waals surface area contributed by atoms with Crippen LogP contribution < -0.4 is 19.5 Å². The van der Waals surface area contributed by atoms with Crippen LogP contribution >= 0.6 is 0 Å². The summed E-state index contributed by atoms with van der Waals surface area (Å²) in [5.41, 5.74) is 2.92. The number of pyridine rings is 1. The lowest BCUT2D eigenvalue weighted by molar-refractivity contribution is 0.0669. The van der Waals surface area contributed by atoms with Gasteiger partial charge in [-0.3, -0.25) is 9.78 Å². The van der Waals surface area contributed by atoms with Gasteiger partial charge in [0.25, 0.3) is 5.91 Å². The molecule has 1 aliphatic rings. The van der Waals surface area contributed by atoms with Crippen LogP contribution in [0.5, 0.6) is 17.2 Å². The number of benzene rings is 2. The summed E-state index contributed by atoms with van der Waals surface area (Å²) in [4.78, 5) is 17.4. The molecule has 1 amide bonds. The maximum Gasteiger partial charge on any atom is 0.253 e. The van der Waals surface area contributed by atoms with Gasteiger partial charge >= 0.3 is 0 Å². The molecule has 1 aliphatic heterocycles. The first kappa shape index (κ1) is 21.9. The van der Waals surface area contributed by atoms with E-state index in [0.717, 1.165) is 41.7 Å². The molecule has 1 fully saturated rings. The van der Waals surface area contributed by atoms with Gasteiger partial charge in [-0.1, -0.05) is 6.07 Å². The van der Waals surface area contributed by atoms with Crippen LogP contribution in [0.4, 0.5) is 0 Å². The summed E-state index contributed by atoms with van der Waals surface area (Å²) in [6.07, 6.45) is 2.23. The zero-order valence-corrected chi connectivity index (χ0v) is 18.6. The van der Waals surface area contributed by atoms with Crippen molar-refractivity contribution in [3.8, 4) is 17.2 Å². The number of ether oxygens (including phenoxy) is 4. The van der Waals surface area contributed by atoms with Gasteiger partial charge in [0, 0.05) is 24.6 Å². The van der Waals surface area contributed by atoms with E-state index in [9.17, 15) is 4.79 Å². The van der Waals surface area contributed by atoms with Crippen molar-refractivity contribution in [2.75, 3.05) is 27.4 Å². The molecule has 168 valence electrons. The first-order valence-corrected chi connectivity index (χ1v) is 10.7. The number of methoxy groups -OCH3 is 2. The van der Waals surface area contributed by atoms with E-state index in [1.54, 1.807) is 14.2 Å². The van der Waals surface area contributed by atoms with E-state index in [-0.39, 0.29) is 12.0 Å². The van der Waals surface area contributed by atoms with Crippen molar-refractivity contribution in [2.24, 2.45) is 0 Å². The zero-order valence-electron chi connectivity index (χ0n) is 18.6. The highest BCUT2D eigenvalue weighted by atomic mass is 16.5. The van der Waals surface area contributed by atoms with E-state index < -0.39 is 0 Å². The van der Waals surface area contributed by atoms with Gasteiger partial charge in [-0.25, -0.2) is 0 Å². The second kappa shape index (κ2) is 9.87. The van der Waals surface area contributed by atoms with Crippen LogP contribution in [-0.4, -0.2) is 44.4 Å². The van der Waals surface area contributed by atoms with E-state index >= 15 is 0 Å². The molecule has 1 N–H and O–H groups in total. The number of fused-ring (bicyclic) bond motifs is 1. The summed E-state index contributed by atoms with van der Waals surface area (Å²) in [6.45, 7) is 3.50. The lowest BCUT2D eigenvalue weighted by Crippen LogP contribution is -2.24. The second-order valence-corrected chi connectivity index (χ2v) is 7.79. The largest absolute Gasteiger partial charge is 0.497 e. The Morgan fingerprint density at radius 2 is 2.00 bits per heavy atom. The van der Waals surface area contributed by atoms with Gasteiger partial charge in [-0.15, -0.1) is 0 Å². The van der Waals surface area contributed by atoms with Crippen molar-refractivity contribution in [3.05, 3.63) is 59.3 Å². The van der Waals surface area contributed by atoms with E-state index in [1.165, 1.54) is 0 Å². The Morgan fingerprint density at radius 3 is 2.75 bits per heavy atom. The number of carbonyl (C=O) groups is 1. The van der Waals surface area contributed by atoms with Crippen molar-refractivity contribution in [1.82, 2.24) is 10.3 Å². The molecule has 7 nitrogen and oxygen atoms in total. The minimum atomic E-state index is -0.176. The van der Waals surface area contributed by atoms with Crippen molar-refractivity contribution < 1.29 is 23.7 Å². The third-order valence-corrected chi connectivity index (χ3v) is 5.59. The Balaban J connectivity index is 1.42. The Bertz CT molecular complexity index is 1110. The number of hydrogen-bond donors (Lipinski definition) is 1. The number of hydrogen-bond acceptors (Lipinski definition) is 6. The summed E-state index contributed by atoms with van der Waals surface area (Å²) in [5, 5.41) is 3.86.